The quantitative estimate of drug-likeness (QED) is 0.756. The number of carbonyl (C=O) groups excluding carboxylic acids is 1. The third-order valence-electron chi connectivity index (χ3n) is 4.49. The zero-order valence-electron chi connectivity index (χ0n) is 11.5. The molecule has 2 aliphatic rings. The minimum absolute atomic E-state index is 0.219. The number of amides is 1. The Balaban J connectivity index is 1.95. The Morgan fingerprint density at radius 2 is 2.00 bits per heavy atom. The van der Waals surface area contributed by atoms with E-state index in [9.17, 15) is 4.79 Å². The Morgan fingerprint density at radius 1 is 1.24 bits per heavy atom. The summed E-state index contributed by atoms with van der Waals surface area (Å²) >= 11 is 0. The summed E-state index contributed by atoms with van der Waals surface area (Å²) in [6, 6.07) is 0. The molecule has 17 heavy (non-hydrogen) atoms. The molecule has 1 N–H and O–H groups in total. The molecule has 0 aliphatic carbocycles. The van der Waals surface area contributed by atoms with Crippen molar-refractivity contribution < 1.29 is 4.79 Å². The molecule has 1 amide bonds. The van der Waals surface area contributed by atoms with Crippen LogP contribution in [0.3, 0.4) is 0 Å². The Hall–Kier alpha value is -0.570. The summed E-state index contributed by atoms with van der Waals surface area (Å²) in [5.74, 6) is 1.11. The lowest BCUT2D eigenvalue weighted by Gasteiger charge is -2.26. The number of likely N-dealkylation sites (tertiary alicyclic amines) is 1. The van der Waals surface area contributed by atoms with Gasteiger partial charge in [0.1, 0.15) is 0 Å². The molecule has 0 saturated carbocycles. The van der Waals surface area contributed by atoms with Gasteiger partial charge in [0.2, 0.25) is 5.91 Å². The molecular formula is C14H26N2O. The molecule has 2 aliphatic heterocycles. The van der Waals surface area contributed by atoms with Crippen molar-refractivity contribution in [1.29, 1.82) is 0 Å². The summed E-state index contributed by atoms with van der Waals surface area (Å²) in [4.78, 5) is 14.6. The molecule has 2 atom stereocenters. The van der Waals surface area contributed by atoms with E-state index in [1.807, 2.05) is 0 Å². The van der Waals surface area contributed by atoms with Gasteiger partial charge in [0, 0.05) is 19.6 Å². The van der Waals surface area contributed by atoms with Gasteiger partial charge in [-0.15, -0.1) is 0 Å². The van der Waals surface area contributed by atoms with Gasteiger partial charge in [-0.2, -0.15) is 0 Å². The van der Waals surface area contributed by atoms with Crippen molar-refractivity contribution in [3.63, 3.8) is 0 Å². The van der Waals surface area contributed by atoms with E-state index in [0.717, 1.165) is 39.0 Å². The van der Waals surface area contributed by atoms with Crippen LogP contribution >= 0.6 is 0 Å². The minimum Gasteiger partial charge on any atom is -0.342 e. The lowest BCUT2D eigenvalue weighted by molar-refractivity contribution is -0.136. The SMILES string of the molecule is C[C@@H]1CNC[C@H]1C(=O)N1CCCC(C)(C)CC1. The summed E-state index contributed by atoms with van der Waals surface area (Å²) in [5, 5.41) is 3.33. The number of rotatable bonds is 1. The van der Waals surface area contributed by atoms with Gasteiger partial charge in [-0.3, -0.25) is 4.79 Å². The van der Waals surface area contributed by atoms with Crippen LogP contribution in [0.1, 0.15) is 40.0 Å². The third-order valence-corrected chi connectivity index (χ3v) is 4.49. The highest BCUT2D eigenvalue weighted by molar-refractivity contribution is 5.79. The second-order valence-corrected chi connectivity index (χ2v) is 6.59. The molecule has 3 heteroatoms. The van der Waals surface area contributed by atoms with Crippen molar-refractivity contribution >= 4 is 5.91 Å². The van der Waals surface area contributed by atoms with Crippen molar-refractivity contribution in [3.05, 3.63) is 0 Å². The molecule has 0 aromatic carbocycles. The molecule has 2 fully saturated rings. The predicted octanol–water partition coefficient (Wildman–Crippen LogP) is 1.88. The first-order chi connectivity index (χ1) is 7.99. The highest BCUT2D eigenvalue weighted by Gasteiger charge is 2.34. The van der Waals surface area contributed by atoms with Crippen molar-refractivity contribution in [3.8, 4) is 0 Å². The van der Waals surface area contributed by atoms with Gasteiger partial charge >= 0.3 is 0 Å². The fourth-order valence-electron chi connectivity index (χ4n) is 3.02. The molecule has 0 bridgehead atoms. The molecule has 0 radical (unpaired) electrons. The van der Waals surface area contributed by atoms with E-state index in [1.54, 1.807) is 0 Å². The lowest BCUT2D eigenvalue weighted by Crippen LogP contribution is -2.39. The summed E-state index contributed by atoms with van der Waals surface area (Å²) in [6.07, 6.45) is 3.55. The number of hydrogen-bond acceptors (Lipinski definition) is 2. The summed E-state index contributed by atoms with van der Waals surface area (Å²) in [6.45, 7) is 10.6. The molecule has 0 unspecified atom stereocenters. The van der Waals surface area contributed by atoms with Crippen molar-refractivity contribution in [2.45, 2.75) is 40.0 Å². The number of nitrogens with zero attached hydrogens (tertiary/aromatic N) is 1. The van der Waals surface area contributed by atoms with Crippen LogP contribution in [-0.2, 0) is 4.79 Å². The number of nitrogens with one attached hydrogen (secondary N) is 1. The first-order valence-electron chi connectivity index (χ1n) is 6.99. The van der Waals surface area contributed by atoms with Crippen LogP contribution in [-0.4, -0.2) is 37.0 Å². The molecule has 0 aromatic heterocycles. The fourth-order valence-corrected chi connectivity index (χ4v) is 3.02. The molecular weight excluding hydrogens is 212 g/mol. The second-order valence-electron chi connectivity index (χ2n) is 6.59. The van der Waals surface area contributed by atoms with Crippen LogP contribution in [0.2, 0.25) is 0 Å². The van der Waals surface area contributed by atoms with Gasteiger partial charge in [-0.25, -0.2) is 0 Å². The summed E-state index contributed by atoms with van der Waals surface area (Å²) in [5.41, 5.74) is 0.411. The first kappa shape index (κ1) is 12.9. The van der Waals surface area contributed by atoms with E-state index in [-0.39, 0.29) is 5.92 Å². The van der Waals surface area contributed by atoms with Gasteiger partial charge < -0.3 is 10.2 Å². The third kappa shape index (κ3) is 3.01. The van der Waals surface area contributed by atoms with Gasteiger partial charge in [-0.05, 0) is 37.1 Å². The normalized spacial score (nSPS) is 33.5. The molecule has 0 spiro atoms. The largest absolute Gasteiger partial charge is 0.342 e. The standard InChI is InChI=1S/C14H26N2O/c1-11-9-15-10-12(11)13(17)16-7-4-5-14(2,3)6-8-16/h11-12,15H,4-10H2,1-3H3/t11-,12-/m1/s1. The average Bonchev–Trinajstić information content (AvgIpc) is 2.59. The maximum Gasteiger partial charge on any atom is 0.227 e. The molecule has 98 valence electrons. The topological polar surface area (TPSA) is 32.3 Å². The Morgan fingerprint density at radius 3 is 2.65 bits per heavy atom. The van der Waals surface area contributed by atoms with E-state index in [1.165, 1.54) is 6.42 Å². The average molecular weight is 238 g/mol. The predicted molar refractivity (Wildman–Crippen MR) is 69.7 cm³/mol. The lowest BCUT2D eigenvalue weighted by atomic mass is 9.85. The molecule has 0 aromatic rings. The van der Waals surface area contributed by atoms with E-state index in [2.05, 4.69) is 31.0 Å². The first-order valence-corrected chi connectivity index (χ1v) is 6.99. The van der Waals surface area contributed by atoms with E-state index < -0.39 is 0 Å². The van der Waals surface area contributed by atoms with Crippen molar-refractivity contribution in [1.82, 2.24) is 10.2 Å². The van der Waals surface area contributed by atoms with Crippen LogP contribution < -0.4 is 5.32 Å². The van der Waals surface area contributed by atoms with Crippen LogP contribution in [0.25, 0.3) is 0 Å². The monoisotopic (exact) mass is 238 g/mol. The van der Waals surface area contributed by atoms with Crippen LogP contribution in [0.15, 0.2) is 0 Å². The molecule has 2 rings (SSSR count). The van der Waals surface area contributed by atoms with Crippen LogP contribution in [0.5, 0.6) is 0 Å². The van der Waals surface area contributed by atoms with Crippen molar-refractivity contribution in [2.75, 3.05) is 26.2 Å². The van der Waals surface area contributed by atoms with Gasteiger partial charge in [0.05, 0.1) is 5.92 Å². The second kappa shape index (κ2) is 4.97. The molecule has 2 saturated heterocycles. The van der Waals surface area contributed by atoms with Gasteiger partial charge in [0.15, 0.2) is 0 Å². The molecule has 3 nitrogen and oxygen atoms in total. The van der Waals surface area contributed by atoms with Crippen molar-refractivity contribution in [2.24, 2.45) is 17.3 Å². The highest BCUT2D eigenvalue weighted by atomic mass is 16.2. The summed E-state index contributed by atoms with van der Waals surface area (Å²) < 4.78 is 0. The smallest absolute Gasteiger partial charge is 0.227 e. The Bertz CT molecular complexity index is 288. The van der Waals surface area contributed by atoms with Crippen LogP contribution in [0, 0.1) is 17.3 Å². The number of hydrogen-bond donors (Lipinski definition) is 1. The Labute approximate surface area is 105 Å². The van der Waals surface area contributed by atoms with E-state index in [0.29, 0.717) is 17.2 Å². The van der Waals surface area contributed by atoms with Gasteiger partial charge in [0.25, 0.3) is 0 Å². The number of carbonyl (C=O) groups is 1. The van der Waals surface area contributed by atoms with Crippen LogP contribution in [0.4, 0.5) is 0 Å². The zero-order chi connectivity index (χ0) is 12.5. The maximum absolute atomic E-state index is 12.5. The minimum atomic E-state index is 0.219. The van der Waals surface area contributed by atoms with Gasteiger partial charge in [-0.1, -0.05) is 20.8 Å². The Kier molecular flexibility index (Phi) is 3.76. The van der Waals surface area contributed by atoms with E-state index in [4.69, 9.17) is 0 Å². The molecule has 2 heterocycles. The summed E-state index contributed by atoms with van der Waals surface area (Å²) in [7, 11) is 0. The highest BCUT2D eigenvalue weighted by Crippen LogP contribution is 2.31. The van der Waals surface area contributed by atoms with E-state index >= 15 is 0 Å². The fraction of sp³-hybridized carbons (Fsp3) is 0.929. The maximum atomic E-state index is 12.5. The zero-order valence-corrected chi connectivity index (χ0v) is 11.5.